The zero-order chi connectivity index (χ0) is 16.4. The molecule has 0 aromatic rings. The Morgan fingerprint density at radius 2 is 1.96 bits per heavy atom. The van der Waals surface area contributed by atoms with Crippen LogP contribution in [0.1, 0.15) is 45.4 Å². The first kappa shape index (κ1) is 15.6. The lowest BCUT2D eigenvalue weighted by Crippen LogP contribution is -2.51. The summed E-state index contributed by atoms with van der Waals surface area (Å²) in [5.41, 5.74) is 0.328. The minimum atomic E-state index is -3.37. The van der Waals surface area contributed by atoms with Gasteiger partial charge in [-0.05, 0) is 26.2 Å². The quantitative estimate of drug-likeness (QED) is 0.572. The van der Waals surface area contributed by atoms with Gasteiger partial charge in [0.15, 0.2) is 0 Å². The fraction of sp³-hybridized carbons (Fsp3) is 0.812. The Balaban J connectivity index is 1.66. The first-order chi connectivity index (χ1) is 10.9. The minimum absolute atomic E-state index is 0.0257. The van der Waals surface area contributed by atoms with Gasteiger partial charge in [-0.2, -0.15) is 4.31 Å². The topological polar surface area (TPSA) is 72.9 Å². The zero-order valence-corrected chi connectivity index (χ0v) is 14.1. The Kier molecular flexibility index (Phi) is 3.59. The molecule has 0 radical (unpaired) electrons. The van der Waals surface area contributed by atoms with Gasteiger partial charge < -0.3 is 9.47 Å². The second kappa shape index (κ2) is 5.29. The summed E-state index contributed by atoms with van der Waals surface area (Å²) < 4.78 is 39.0. The predicted octanol–water partition coefficient (Wildman–Crippen LogP) is 1.36. The summed E-state index contributed by atoms with van der Waals surface area (Å²) in [5, 5.41) is -0.459. The Morgan fingerprint density at radius 1 is 1.26 bits per heavy atom. The van der Waals surface area contributed by atoms with Crippen LogP contribution in [0.3, 0.4) is 0 Å². The number of hydrogen-bond acceptors (Lipinski definition) is 5. The fourth-order valence-corrected chi connectivity index (χ4v) is 7.21. The van der Waals surface area contributed by atoms with Gasteiger partial charge in [-0.25, -0.2) is 13.2 Å². The van der Waals surface area contributed by atoms with Gasteiger partial charge in [-0.3, -0.25) is 0 Å². The molecule has 4 fully saturated rings. The van der Waals surface area contributed by atoms with E-state index < -0.39 is 27.3 Å². The van der Waals surface area contributed by atoms with E-state index in [0.29, 0.717) is 12.0 Å². The first-order valence-electron chi connectivity index (χ1n) is 8.45. The zero-order valence-electron chi connectivity index (χ0n) is 13.3. The van der Waals surface area contributed by atoms with E-state index in [1.54, 1.807) is 11.2 Å². The second-order valence-electron chi connectivity index (χ2n) is 7.22. The Morgan fingerprint density at radius 3 is 2.61 bits per heavy atom. The molecule has 3 saturated heterocycles. The molecule has 7 heteroatoms. The molecule has 3 aliphatic heterocycles. The molecule has 3 heterocycles. The van der Waals surface area contributed by atoms with Gasteiger partial charge in [0.05, 0.1) is 18.2 Å². The largest absolute Gasteiger partial charge is 0.454 e. The van der Waals surface area contributed by atoms with Gasteiger partial charge in [-0.15, -0.1) is 0 Å². The molecule has 0 N–H and O–H groups in total. The van der Waals surface area contributed by atoms with Gasteiger partial charge in [0.25, 0.3) is 0 Å². The molecule has 23 heavy (non-hydrogen) atoms. The van der Waals surface area contributed by atoms with Crippen molar-refractivity contribution in [1.29, 1.82) is 0 Å². The third-order valence-corrected chi connectivity index (χ3v) is 8.05. The molecular formula is C16H23NO5S. The highest BCUT2D eigenvalue weighted by atomic mass is 32.2. The van der Waals surface area contributed by atoms with Gasteiger partial charge in [0.1, 0.15) is 11.4 Å². The van der Waals surface area contributed by atoms with Crippen molar-refractivity contribution in [2.24, 2.45) is 0 Å². The monoisotopic (exact) mass is 341 g/mol. The van der Waals surface area contributed by atoms with Crippen LogP contribution in [-0.2, 0) is 24.3 Å². The molecular weight excluding hydrogens is 318 g/mol. The van der Waals surface area contributed by atoms with Crippen molar-refractivity contribution >= 4 is 16.0 Å². The van der Waals surface area contributed by atoms with Crippen molar-refractivity contribution in [2.75, 3.05) is 0 Å². The van der Waals surface area contributed by atoms with E-state index in [2.05, 4.69) is 6.58 Å². The van der Waals surface area contributed by atoms with E-state index in [1.807, 2.05) is 0 Å². The van der Waals surface area contributed by atoms with Crippen LogP contribution in [0.5, 0.6) is 0 Å². The smallest absolute Gasteiger partial charge is 0.333 e. The van der Waals surface area contributed by atoms with Crippen LogP contribution >= 0.6 is 0 Å². The number of sulfonamides is 1. The van der Waals surface area contributed by atoms with Crippen molar-refractivity contribution in [2.45, 2.75) is 81.1 Å². The van der Waals surface area contributed by atoms with E-state index in [-0.39, 0.29) is 24.3 Å². The molecule has 4 rings (SSSR count). The number of nitrogens with zero attached hydrogens (tertiary/aromatic N) is 1. The molecule has 1 saturated carbocycles. The molecule has 0 spiro atoms. The molecule has 1 aliphatic carbocycles. The van der Waals surface area contributed by atoms with Crippen LogP contribution < -0.4 is 0 Å². The fourth-order valence-electron chi connectivity index (χ4n) is 4.69. The third-order valence-electron chi connectivity index (χ3n) is 5.70. The third kappa shape index (κ3) is 2.20. The van der Waals surface area contributed by atoms with Crippen molar-refractivity contribution in [1.82, 2.24) is 4.31 Å². The lowest BCUT2D eigenvalue weighted by atomic mass is 9.89. The van der Waals surface area contributed by atoms with Gasteiger partial charge in [-0.1, -0.05) is 25.8 Å². The van der Waals surface area contributed by atoms with Crippen LogP contribution in [0.4, 0.5) is 0 Å². The number of fused-ring (bicyclic) bond motifs is 1. The molecule has 5 atom stereocenters. The normalized spacial score (nSPS) is 42.0. The Hall–Kier alpha value is -0.920. The molecule has 128 valence electrons. The van der Waals surface area contributed by atoms with Crippen molar-refractivity contribution in [3.8, 4) is 0 Å². The average molecular weight is 341 g/mol. The van der Waals surface area contributed by atoms with E-state index in [4.69, 9.17) is 9.47 Å². The summed E-state index contributed by atoms with van der Waals surface area (Å²) in [6.45, 7) is 5.21. The van der Waals surface area contributed by atoms with E-state index in [1.165, 1.54) is 0 Å². The first-order valence-corrected chi connectivity index (χ1v) is 9.96. The summed E-state index contributed by atoms with van der Waals surface area (Å²) in [6.07, 6.45) is 4.33. The Labute approximate surface area is 136 Å². The van der Waals surface area contributed by atoms with Crippen LogP contribution in [0.25, 0.3) is 0 Å². The molecule has 4 aliphatic rings. The number of esters is 1. The van der Waals surface area contributed by atoms with Crippen LogP contribution in [0.2, 0.25) is 0 Å². The SMILES string of the molecule is C=C(C)C(=O)OC1C2CC3C(O2)C1N(C1CCCCC1)S3(=O)=O. The summed E-state index contributed by atoms with van der Waals surface area (Å²) in [5.74, 6) is -0.462. The van der Waals surface area contributed by atoms with Gasteiger partial charge in [0.2, 0.25) is 10.0 Å². The van der Waals surface area contributed by atoms with Crippen LogP contribution in [0.15, 0.2) is 12.2 Å². The van der Waals surface area contributed by atoms with Crippen molar-refractivity contribution < 1.29 is 22.7 Å². The highest BCUT2D eigenvalue weighted by molar-refractivity contribution is 7.90. The highest BCUT2D eigenvalue weighted by Crippen LogP contribution is 2.51. The van der Waals surface area contributed by atoms with Gasteiger partial charge in [0, 0.05) is 11.6 Å². The summed E-state index contributed by atoms with van der Waals surface area (Å²) >= 11 is 0. The maximum absolute atomic E-state index is 13.0. The number of rotatable bonds is 3. The number of ether oxygens (including phenoxy) is 2. The van der Waals surface area contributed by atoms with E-state index in [0.717, 1.165) is 32.1 Å². The molecule has 0 amide bonds. The van der Waals surface area contributed by atoms with E-state index in [9.17, 15) is 13.2 Å². The average Bonchev–Trinajstić information content (AvgIpc) is 3.11. The highest BCUT2D eigenvalue weighted by Gasteiger charge is 2.70. The number of carbonyl (C=O) groups is 1. The summed E-state index contributed by atoms with van der Waals surface area (Å²) in [7, 11) is -3.37. The lowest BCUT2D eigenvalue weighted by Gasteiger charge is -2.35. The number of carbonyl (C=O) groups excluding carboxylic acids is 1. The second-order valence-corrected chi connectivity index (χ2v) is 9.28. The summed E-state index contributed by atoms with van der Waals surface area (Å²) in [4.78, 5) is 11.9. The van der Waals surface area contributed by atoms with Crippen LogP contribution in [0, 0.1) is 0 Å². The van der Waals surface area contributed by atoms with Crippen molar-refractivity contribution in [3.63, 3.8) is 0 Å². The Bertz CT molecular complexity index is 639. The van der Waals surface area contributed by atoms with Crippen LogP contribution in [-0.4, -0.2) is 54.3 Å². The molecule has 0 aromatic carbocycles. The maximum atomic E-state index is 13.0. The molecule has 6 nitrogen and oxygen atoms in total. The van der Waals surface area contributed by atoms with E-state index >= 15 is 0 Å². The molecule has 0 aromatic heterocycles. The van der Waals surface area contributed by atoms with Gasteiger partial charge >= 0.3 is 5.97 Å². The predicted molar refractivity (Wildman–Crippen MR) is 83.2 cm³/mol. The summed E-state index contributed by atoms with van der Waals surface area (Å²) in [6, 6.07) is -0.326. The number of hydrogen-bond donors (Lipinski definition) is 0. The van der Waals surface area contributed by atoms with Crippen molar-refractivity contribution in [3.05, 3.63) is 12.2 Å². The minimum Gasteiger partial charge on any atom is -0.454 e. The standard InChI is InChI=1S/C16H23NO5S/c1-9(2)16(18)22-14-11-8-12-15(21-11)13(14)17(23(12,19)20)10-6-4-3-5-7-10/h10-15H,1,3-8H2,2H3. The molecule has 5 unspecified atom stereocenters. The lowest BCUT2D eigenvalue weighted by molar-refractivity contribution is -0.148. The maximum Gasteiger partial charge on any atom is 0.333 e. The molecule has 2 bridgehead atoms.